The van der Waals surface area contributed by atoms with Gasteiger partial charge < -0.3 is 5.11 Å². The summed E-state index contributed by atoms with van der Waals surface area (Å²) in [4.78, 5) is 11.4. The Morgan fingerprint density at radius 3 is 2.48 bits per heavy atom. The first-order valence-corrected chi connectivity index (χ1v) is 7.11. The van der Waals surface area contributed by atoms with E-state index in [2.05, 4.69) is 10.3 Å². The zero-order valence-corrected chi connectivity index (χ0v) is 11.5. The van der Waals surface area contributed by atoms with Crippen molar-refractivity contribution < 1.29 is 14.3 Å². The summed E-state index contributed by atoms with van der Waals surface area (Å²) in [6, 6.07) is 5.84. The minimum Gasteiger partial charge on any atom is -0.476 e. The van der Waals surface area contributed by atoms with E-state index >= 15 is 0 Å². The number of hydrogen-bond acceptors (Lipinski definition) is 3. The van der Waals surface area contributed by atoms with Crippen LogP contribution in [0.3, 0.4) is 0 Å². The normalized spacial score (nSPS) is 16.0. The fraction of sp³-hybridized carbons (Fsp3) is 0.400. The van der Waals surface area contributed by atoms with Crippen LogP contribution in [0.4, 0.5) is 4.39 Å². The van der Waals surface area contributed by atoms with E-state index in [9.17, 15) is 14.3 Å². The van der Waals surface area contributed by atoms with Gasteiger partial charge in [0.1, 0.15) is 5.82 Å². The number of aromatic nitrogens is 3. The molecule has 1 fully saturated rings. The monoisotopic (exact) mass is 289 g/mol. The first-order valence-electron chi connectivity index (χ1n) is 7.11. The van der Waals surface area contributed by atoms with Gasteiger partial charge in [0.15, 0.2) is 5.69 Å². The Labute approximate surface area is 121 Å². The van der Waals surface area contributed by atoms with Crippen molar-refractivity contribution in [2.75, 3.05) is 0 Å². The molecule has 0 bridgehead atoms. The summed E-state index contributed by atoms with van der Waals surface area (Å²) in [5, 5.41) is 17.1. The molecule has 110 valence electrons. The van der Waals surface area contributed by atoms with Crippen LogP contribution in [-0.2, 0) is 0 Å². The van der Waals surface area contributed by atoms with Crippen LogP contribution < -0.4 is 0 Å². The van der Waals surface area contributed by atoms with Gasteiger partial charge in [0.05, 0.1) is 11.4 Å². The van der Waals surface area contributed by atoms with Crippen LogP contribution in [0.15, 0.2) is 24.3 Å². The maximum Gasteiger partial charge on any atom is 0.358 e. The molecule has 1 aliphatic rings. The average molecular weight is 289 g/mol. The second kappa shape index (κ2) is 5.63. The van der Waals surface area contributed by atoms with E-state index in [1.165, 1.54) is 18.6 Å². The number of carbonyl (C=O) groups is 1. The number of halogens is 1. The lowest BCUT2D eigenvalue weighted by molar-refractivity contribution is 0.0688. The predicted molar refractivity (Wildman–Crippen MR) is 74.1 cm³/mol. The second-order valence-electron chi connectivity index (χ2n) is 5.35. The van der Waals surface area contributed by atoms with Crippen molar-refractivity contribution >= 4 is 5.97 Å². The molecule has 0 amide bonds. The number of hydrogen-bond donors (Lipinski definition) is 1. The molecule has 6 heteroatoms. The molecule has 1 aliphatic carbocycles. The summed E-state index contributed by atoms with van der Waals surface area (Å²) in [7, 11) is 0. The smallest absolute Gasteiger partial charge is 0.358 e. The van der Waals surface area contributed by atoms with Crippen LogP contribution in [0, 0.1) is 5.82 Å². The van der Waals surface area contributed by atoms with Gasteiger partial charge >= 0.3 is 5.97 Å². The van der Waals surface area contributed by atoms with Crippen molar-refractivity contribution in [2.45, 2.75) is 38.0 Å². The van der Waals surface area contributed by atoms with E-state index < -0.39 is 5.97 Å². The van der Waals surface area contributed by atoms with Crippen molar-refractivity contribution in [1.82, 2.24) is 15.0 Å². The van der Waals surface area contributed by atoms with Gasteiger partial charge in [0.25, 0.3) is 0 Å². The molecule has 0 atom stereocenters. The quantitative estimate of drug-likeness (QED) is 0.942. The standard InChI is InChI=1S/C15H16FN3O2/c16-11-6-8-12(9-7-11)19-14(10-4-2-1-3-5-10)13(15(20)21)17-18-19/h6-10H,1-5H2,(H,20,21). The van der Waals surface area contributed by atoms with Crippen molar-refractivity contribution in [2.24, 2.45) is 0 Å². The van der Waals surface area contributed by atoms with Gasteiger partial charge in [-0.3, -0.25) is 0 Å². The average Bonchev–Trinajstić information content (AvgIpc) is 2.94. The lowest BCUT2D eigenvalue weighted by atomic mass is 9.86. The summed E-state index contributed by atoms with van der Waals surface area (Å²) < 4.78 is 14.6. The molecule has 21 heavy (non-hydrogen) atoms. The van der Waals surface area contributed by atoms with E-state index in [0.717, 1.165) is 25.7 Å². The van der Waals surface area contributed by atoms with Crippen molar-refractivity contribution in [3.63, 3.8) is 0 Å². The van der Waals surface area contributed by atoms with E-state index in [1.54, 1.807) is 16.8 Å². The van der Waals surface area contributed by atoms with Crippen molar-refractivity contribution in [3.8, 4) is 5.69 Å². The number of aromatic carboxylic acids is 1. The molecule has 1 aromatic heterocycles. The Morgan fingerprint density at radius 2 is 1.86 bits per heavy atom. The maximum atomic E-state index is 13.1. The third kappa shape index (κ3) is 2.66. The molecule has 0 unspecified atom stereocenters. The van der Waals surface area contributed by atoms with Crippen molar-refractivity contribution in [3.05, 3.63) is 41.5 Å². The highest BCUT2D eigenvalue weighted by Crippen LogP contribution is 2.34. The highest BCUT2D eigenvalue weighted by atomic mass is 19.1. The summed E-state index contributed by atoms with van der Waals surface area (Å²) >= 11 is 0. The van der Waals surface area contributed by atoms with Crippen LogP contribution in [-0.4, -0.2) is 26.1 Å². The first kappa shape index (κ1) is 13.7. The van der Waals surface area contributed by atoms with E-state index in [0.29, 0.717) is 11.4 Å². The highest BCUT2D eigenvalue weighted by Gasteiger charge is 2.28. The zero-order valence-electron chi connectivity index (χ0n) is 11.5. The zero-order chi connectivity index (χ0) is 14.8. The Morgan fingerprint density at radius 1 is 1.19 bits per heavy atom. The van der Waals surface area contributed by atoms with Crippen LogP contribution in [0.25, 0.3) is 5.69 Å². The minimum atomic E-state index is -1.07. The van der Waals surface area contributed by atoms with Gasteiger partial charge in [-0.2, -0.15) is 0 Å². The Kier molecular flexibility index (Phi) is 3.68. The molecule has 0 saturated heterocycles. The van der Waals surface area contributed by atoms with E-state index in [-0.39, 0.29) is 17.4 Å². The van der Waals surface area contributed by atoms with Gasteiger partial charge in [0, 0.05) is 5.92 Å². The fourth-order valence-electron chi connectivity index (χ4n) is 2.96. The Bertz CT molecular complexity index is 645. The molecule has 2 aromatic rings. The van der Waals surface area contributed by atoms with Crippen LogP contribution in [0.1, 0.15) is 54.2 Å². The Hall–Kier alpha value is -2.24. The lowest BCUT2D eigenvalue weighted by Crippen LogP contribution is -2.14. The molecular weight excluding hydrogens is 273 g/mol. The minimum absolute atomic E-state index is 0.00576. The molecule has 0 aliphatic heterocycles. The number of rotatable bonds is 3. The maximum absolute atomic E-state index is 13.1. The molecular formula is C15H16FN3O2. The third-order valence-electron chi connectivity index (χ3n) is 3.97. The fourth-order valence-corrected chi connectivity index (χ4v) is 2.96. The van der Waals surface area contributed by atoms with Gasteiger partial charge in [-0.15, -0.1) is 5.10 Å². The molecule has 1 heterocycles. The largest absolute Gasteiger partial charge is 0.476 e. The first-order chi connectivity index (χ1) is 10.2. The number of benzene rings is 1. The summed E-state index contributed by atoms with van der Waals surface area (Å²) in [5.41, 5.74) is 1.28. The molecule has 0 radical (unpaired) electrons. The molecule has 1 saturated carbocycles. The second-order valence-corrected chi connectivity index (χ2v) is 5.35. The predicted octanol–water partition coefficient (Wildman–Crippen LogP) is 3.15. The summed E-state index contributed by atoms with van der Waals surface area (Å²) in [5.74, 6) is -1.26. The van der Waals surface area contributed by atoms with Gasteiger partial charge in [-0.05, 0) is 37.1 Å². The molecule has 1 aromatic carbocycles. The van der Waals surface area contributed by atoms with Crippen LogP contribution >= 0.6 is 0 Å². The Balaban J connectivity index is 2.07. The highest BCUT2D eigenvalue weighted by molar-refractivity contribution is 5.86. The molecule has 0 spiro atoms. The van der Waals surface area contributed by atoms with E-state index in [4.69, 9.17) is 0 Å². The van der Waals surface area contributed by atoms with Crippen molar-refractivity contribution in [1.29, 1.82) is 0 Å². The SMILES string of the molecule is O=C(O)c1nnn(-c2ccc(F)cc2)c1C1CCCCC1. The summed E-state index contributed by atoms with van der Waals surface area (Å²) in [6.45, 7) is 0. The van der Waals surface area contributed by atoms with Crippen LogP contribution in [0.2, 0.25) is 0 Å². The molecule has 5 nitrogen and oxygen atoms in total. The number of nitrogens with zero attached hydrogens (tertiary/aromatic N) is 3. The van der Waals surface area contributed by atoms with E-state index in [1.807, 2.05) is 0 Å². The van der Waals surface area contributed by atoms with Crippen LogP contribution in [0.5, 0.6) is 0 Å². The summed E-state index contributed by atoms with van der Waals surface area (Å²) in [6.07, 6.45) is 5.22. The van der Waals surface area contributed by atoms with Gasteiger partial charge in [0.2, 0.25) is 0 Å². The third-order valence-corrected chi connectivity index (χ3v) is 3.97. The lowest BCUT2D eigenvalue weighted by Gasteiger charge is -2.22. The molecule has 3 rings (SSSR count). The van der Waals surface area contributed by atoms with Gasteiger partial charge in [-0.25, -0.2) is 13.9 Å². The van der Waals surface area contributed by atoms with Gasteiger partial charge in [-0.1, -0.05) is 24.5 Å². The molecule has 1 N–H and O–H groups in total. The topological polar surface area (TPSA) is 68.0 Å². The number of carboxylic acid groups (broad SMARTS) is 1. The number of carboxylic acids is 1.